The normalized spacial score (nSPS) is 15.6. The Balaban J connectivity index is 1.52. The molecule has 4 rings (SSSR count). The summed E-state index contributed by atoms with van der Waals surface area (Å²) in [7, 11) is 4.72. The number of methoxy groups -OCH3 is 3. The van der Waals surface area contributed by atoms with Crippen molar-refractivity contribution in [2.75, 3.05) is 33.2 Å². The number of hydrogen-bond acceptors (Lipinski definition) is 7. The number of benzene rings is 2. The van der Waals surface area contributed by atoms with E-state index in [-0.39, 0.29) is 12.1 Å². The highest BCUT2D eigenvalue weighted by atomic mass is 16.5. The zero-order valence-corrected chi connectivity index (χ0v) is 17.6. The van der Waals surface area contributed by atoms with E-state index >= 15 is 0 Å². The summed E-state index contributed by atoms with van der Waals surface area (Å²) >= 11 is 0. The van der Waals surface area contributed by atoms with Gasteiger partial charge in [-0.15, -0.1) is 0 Å². The molecule has 1 saturated heterocycles. The highest BCUT2D eigenvalue weighted by molar-refractivity contribution is 5.91. The van der Waals surface area contributed by atoms with E-state index in [1.54, 1.807) is 44.4 Å². The molecule has 9 nitrogen and oxygen atoms in total. The minimum Gasteiger partial charge on any atom is -0.497 e. The minimum absolute atomic E-state index is 0.257. The van der Waals surface area contributed by atoms with Gasteiger partial charge in [0.05, 0.1) is 27.0 Å². The average Bonchev–Trinajstić information content (AvgIpc) is 3.49. The molecule has 0 aliphatic carbocycles. The van der Waals surface area contributed by atoms with Crippen molar-refractivity contribution < 1.29 is 23.5 Å². The van der Waals surface area contributed by atoms with Gasteiger partial charge in [-0.1, -0.05) is 17.3 Å². The van der Waals surface area contributed by atoms with Gasteiger partial charge in [-0.25, -0.2) is 4.79 Å². The molecule has 3 aromatic rings. The smallest absolute Gasteiger partial charge is 0.322 e. The van der Waals surface area contributed by atoms with Crippen LogP contribution in [0.4, 0.5) is 10.5 Å². The number of carbonyl (C=O) groups is 1. The Morgan fingerprint density at radius 1 is 1.10 bits per heavy atom. The van der Waals surface area contributed by atoms with E-state index in [0.717, 1.165) is 18.4 Å². The SMILES string of the molecule is COc1cccc(-c2noc(C3CCCN3C(=O)Nc3ccc(OC)cc3OC)n2)c1. The fourth-order valence-corrected chi connectivity index (χ4v) is 3.61. The van der Waals surface area contributed by atoms with Gasteiger partial charge in [0.15, 0.2) is 0 Å². The molecule has 1 aromatic heterocycles. The van der Waals surface area contributed by atoms with E-state index in [9.17, 15) is 4.79 Å². The Bertz CT molecular complexity index is 1070. The quantitative estimate of drug-likeness (QED) is 0.635. The summed E-state index contributed by atoms with van der Waals surface area (Å²) in [5.74, 6) is 2.73. The number of ether oxygens (including phenoxy) is 3. The maximum absolute atomic E-state index is 13.0. The highest BCUT2D eigenvalue weighted by Crippen LogP contribution is 2.34. The van der Waals surface area contributed by atoms with Crippen LogP contribution >= 0.6 is 0 Å². The molecule has 1 aliphatic rings. The topological polar surface area (TPSA) is 99.0 Å². The largest absolute Gasteiger partial charge is 0.497 e. The zero-order valence-electron chi connectivity index (χ0n) is 17.6. The lowest BCUT2D eigenvalue weighted by Crippen LogP contribution is -2.34. The molecule has 0 spiro atoms. The van der Waals surface area contributed by atoms with Gasteiger partial charge in [-0.2, -0.15) is 4.98 Å². The second kappa shape index (κ2) is 8.95. The molecule has 2 amide bonds. The third kappa shape index (κ3) is 4.25. The van der Waals surface area contributed by atoms with Crippen LogP contribution in [0.5, 0.6) is 17.2 Å². The highest BCUT2D eigenvalue weighted by Gasteiger charge is 2.34. The summed E-state index contributed by atoms with van der Waals surface area (Å²) < 4.78 is 21.3. The summed E-state index contributed by atoms with van der Waals surface area (Å²) in [6, 6.07) is 12.1. The lowest BCUT2D eigenvalue weighted by atomic mass is 10.2. The number of amides is 2. The maximum Gasteiger partial charge on any atom is 0.322 e. The van der Waals surface area contributed by atoms with E-state index in [2.05, 4.69) is 15.5 Å². The summed E-state index contributed by atoms with van der Waals surface area (Å²) in [6.45, 7) is 0.589. The van der Waals surface area contributed by atoms with Crippen LogP contribution in [0.1, 0.15) is 24.8 Å². The molecule has 31 heavy (non-hydrogen) atoms. The Morgan fingerprint density at radius 2 is 1.90 bits per heavy atom. The lowest BCUT2D eigenvalue weighted by molar-refractivity contribution is 0.193. The fraction of sp³-hybridized carbons (Fsp3) is 0.318. The molecule has 1 atom stereocenters. The van der Waals surface area contributed by atoms with Gasteiger partial charge in [0.1, 0.15) is 23.3 Å². The number of rotatable bonds is 6. The van der Waals surface area contributed by atoms with E-state index in [1.165, 1.54) is 0 Å². The van der Waals surface area contributed by atoms with Crippen molar-refractivity contribution in [1.29, 1.82) is 0 Å². The second-order valence-corrected chi connectivity index (χ2v) is 7.04. The maximum atomic E-state index is 13.0. The molecule has 9 heteroatoms. The van der Waals surface area contributed by atoms with Crippen LogP contribution in [-0.2, 0) is 0 Å². The molecule has 2 aromatic carbocycles. The van der Waals surface area contributed by atoms with Crippen molar-refractivity contribution >= 4 is 11.7 Å². The van der Waals surface area contributed by atoms with Gasteiger partial charge in [-0.05, 0) is 37.1 Å². The average molecular weight is 424 g/mol. The Labute approximate surface area is 179 Å². The van der Waals surface area contributed by atoms with Crippen LogP contribution < -0.4 is 19.5 Å². The first kappa shape index (κ1) is 20.5. The Hall–Kier alpha value is -3.75. The molecule has 1 aliphatic heterocycles. The van der Waals surface area contributed by atoms with Crippen LogP contribution in [0.15, 0.2) is 47.0 Å². The summed E-state index contributed by atoms with van der Waals surface area (Å²) in [5, 5.41) is 7.00. The van der Waals surface area contributed by atoms with Crippen molar-refractivity contribution in [3.8, 4) is 28.6 Å². The zero-order chi connectivity index (χ0) is 21.8. The van der Waals surface area contributed by atoms with Gasteiger partial charge in [0.25, 0.3) is 0 Å². The van der Waals surface area contributed by atoms with Crippen LogP contribution in [0.25, 0.3) is 11.4 Å². The molecule has 1 fully saturated rings. The number of likely N-dealkylation sites (tertiary alicyclic amines) is 1. The van der Waals surface area contributed by atoms with Crippen LogP contribution in [0, 0.1) is 0 Å². The molecule has 2 heterocycles. The molecule has 0 radical (unpaired) electrons. The molecular weight excluding hydrogens is 400 g/mol. The van der Waals surface area contributed by atoms with Crippen LogP contribution in [0.3, 0.4) is 0 Å². The number of hydrogen-bond donors (Lipinski definition) is 1. The van der Waals surface area contributed by atoms with Crippen molar-refractivity contribution in [3.05, 3.63) is 48.4 Å². The van der Waals surface area contributed by atoms with Gasteiger partial charge < -0.3 is 29.0 Å². The van der Waals surface area contributed by atoms with E-state index < -0.39 is 0 Å². The Kier molecular flexibility index (Phi) is 5.92. The van der Waals surface area contributed by atoms with Crippen molar-refractivity contribution in [2.45, 2.75) is 18.9 Å². The number of nitrogens with zero attached hydrogens (tertiary/aromatic N) is 3. The number of urea groups is 1. The molecule has 0 saturated carbocycles. The predicted octanol–water partition coefficient (Wildman–Crippen LogP) is 4.13. The first-order chi connectivity index (χ1) is 15.1. The molecule has 162 valence electrons. The van der Waals surface area contributed by atoms with Crippen molar-refractivity contribution in [3.63, 3.8) is 0 Å². The van der Waals surface area contributed by atoms with Crippen molar-refractivity contribution in [1.82, 2.24) is 15.0 Å². The van der Waals surface area contributed by atoms with Crippen LogP contribution in [0.2, 0.25) is 0 Å². The lowest BCUT2D eigenvalue weighted by Gasteiger charge is -2.23. The van der Waals surface area contributed by atoms with Gasteiger partial charge in [0, 0.05) is 18.2 Å². The minimum atomic E-state index is -0.295. The predicted molar refractivity (Wildman–Crippen MR) is 114 cm³/mol. The first-order valence-corrected chi connectivity index (χ1v) is 9.90. The van der Waals surface area contributed by atoms with Gasteiger partial charge in [0.2, 0.25) is 11.7 Å². The summed E-state index contributed by atoms with van der Waals surface area (Å²) in [6.07, 6.45) is 1.58. The molecule has 0 bridgehead atoms. The first-order valence-electron chi connectivity index (χ1n) is 9.90. The van der Waals surface area contributed by atoms with Gasteiger partial charge in [-0.3, -0.25) is 0 Å². The monoisotopic (exact) mass is 424 g/mol. The van der Waals surface area contributed by atoms with E-state index in [0.29, 0.717) is 41.2 Å². The van der Waals surface area contributed by atoms with Gasteiger partial charge >= 0.3 is 6.03 Å². The number of anilines is 1. The van der Waals surface area contributed by atoms with Crippen molar-refractivity contribution in [2.24, 2.45) is 0 Å². The molecular formula is C22H24N4O5. The van der Waals surface area contributed by atoms with E-state index in [4.69, 9.17) is 18.7 Å². The van der Waals surface area contributed by atoms with Crippen LogP contribution in [-0.4, -0.2) is 48.9 Å². The number of aromatic nitrogens is 2. The summed E-state index contributed by atoms with van der Waals surface area (Å²) in [4.78, 5) is 19.2. The third-order valence-corrected chi connectivity index (χ3v) is 5.22. The Morgan fingerprint density at radius 3 is 2.68 bits per heavy atom. The summed E-state index contributed by atoms with van der Waals surface area (Å²) in [5.41, 5.74) is 1.34. The third-order valence-electron chi connectivity index (χ3n) is 5.22. The fourth-order valence-electron chi connectivity index (χ4n) is 3.61. The number of carbonyl (C=O) groups excluding carboxylic acids is 1. The molecule has 1 unspecified atom stereocenters. The second-order valence-electron chi connectivity index (χ2n) is 7.04. The molecule has 1 N–H and O–H groups in total. The van der Waals surface area contributed by atoms with E-state index in [1.807, 2.05) is 24.3 Å². The number of nitrogens with one attached hydrogen (secondary N) is 1. The standard InChI is InChI=1S/C22H24N4O5/c1-28-15-7-4-6-14(12-15)20-24-21(31-25-20)18-8-5-11-26(18)22(27)23-17-10-9-16(29-2)13-19(17)30-3/h4,6-7,9-10,12-13,18H,5,8,11H2,1-3H3,(H,23,27).